The van der Waals surface area contributed by atoms with Gasteiger partial charge in [0.1, 0.15) is 5.01 Å². The summed E-state index contributed by atoms with van der Waals surface area (Å²) in [5.74, 6) is -0.276. The molecule has 2 rings (SSSR count). The highest BCUT2D eigenvalue weighted by atomic mass is 35.5. The number of amides is 1. The lowest BCUT2D eigenvalue weighted by molar-refractivity contribution is -0.118. The summed E-state index contributed by atoms with van der Waals surface area (Å²) in [5, 5.41) is 22.1. The summed E-state index contributed by atoms with van der Waals surface area (Å²) in [6.45, 7) is 1.85. The van der Waals surface area contributed by atoms with Crippen molar-refractivity contribution in [2.45, 2.75) is 11.3 Å². The molecular formula is C12H10Cl2N4O2S2. The molecule has 2 aromatic rings. The van der Waals surface area contributed by atoms with Crippen LogP contribution in [0, 0.1) is 6.92 Å². The van der Waals surface area contributed by atoms with Gasteiger partial charge in [-0.1, -0.05) is 46.3 Å². The number of rotatable bonds is 5. The van der Waals surface area contributed by atoms with Crippen LogP contribution in [0.3, 0.4) is 0 Å². The van der Waals surface area contributed by atoms with E-state index in [0.717, 1.165) is 9.35 Å². The van der Waals surface area contributed by atoms with Crippen molar-refractivity contribution in [3.63, 3.8) is 0 Å². The van der Waals surface area contributed by atoms with Gasteiger partial charge in [0.2, 0.25) is 0 Å². The Bertz CT molecular complexity index is 698. The van der Waals surface area contributed by atoms with Gasteiger partial charge < -0.3 is 5.11 Å². The zero-order valence-corrected chi connectivity index (χ0v) is 14.4. The van der Waals surface area contributed by atoms with Gasteiger partial charge in [-0.15, -0.1) is 10.2 Å². The van der Waals surface area contributed by atoms with Crippen molar-refractivity contribution in [1.82, 2.24) is 15.6 Å². The quantitative estimate of drug-likeness (QED) is 0.475. The molecule has 6 nitrogen and oxygen atoms in total. The SMILES string of the molecule is Cc1nnc(SCC(=O)N/N=C\c2cc(Cl)c(O)c(Cl)c2)s1. The molecule has 0 saturated carbocycles. The Morgan fingerprint density at radius 2 is 2.14 bits per heavy atom. The third-order valence-corrected chi connectivity index (χ3v) is 4.82. The minimum absolute atomic E-state index is 0.113. The molecule has 2 N–H and O–H groups in total. The molecule has 1 heterocycles. The normalized spacial score (nSPS) is 11.0. The van der Waals surface area contributed by atoms with Gasteiger partial charge in [0.15, 0.2) is 10.1 Å². The smallest absolute Gasteiger partial charge is 0.250 e. The first-order chi connectivity index (χ1) is 10.5. The molecule has 0 aliphatic rings. The van der Waals surface area contributed by atoms with Crippen LogP contribution in [0.2, 0.25) is 10.0 Å². The summed E-state index contributed by atoms with van der Waals surface area (Å²) < 4.78 is 0.730. The van der Waals surface area contributed by atoms with Crippen LogP contribution in [-0.4, -0.2) is 33.2 Å². The predicted molar refractivity (Wildman–Crippen MR) is 89.2 cm³/mol. The monoisotopic (exact) mass is 376 g/mol. The number of aromatic nitrogens is 2. The van der Waals surface area contributed by atoms with E-state index >= 15 is 0 Å². The van der Waals surface area contributed by atoms with Gasteiger partial charge in [-0.05, 0) is 24.6 Å². The number of phenolic OH excluding ortho intramolecular Hbond substituents is 1. The number of aryl methyl sites for hydroxylation is 1. The maximum absolute atomic E-state index is 11.6. The number of halogens is 2. The number of phenols is 1. The summed E-state index contributed by atoms with van der Waals surface area (Å²) in [5.41, 5.74) is 2.94. The van der Waals surface area contributed by atoms with E-state index in [1.54, 1.807) is 0 Å². The zero-order chi connectivity index (χ0) is 16.1. The molecule has 0 unspecified atom stereocenters. The maximum atomic E-state index is 11.6. The van der Waals surface area contributed by atoms with Crippen LogP contribution in [0.1, 0.15) is 10.6 Å². The summed E-state index contributed by atoms with van der Waals surface area (Å²) >= 11 is 14.3. The number of aromatic hydroxyl groups is 1. The highest BCUT2D eigenvalue weighted by Crippen LogP contribution is 2.32. The molecule has 22 heavy (non-hydrogen) atoms. The van der Waals surface area contributed by atoms with Crippen molar-refractivity contribution in [2.24, 2.45) is 5.10 Å². The van der Waals surface area contributed by atoms with Gasteiger partial charge >= 0.3 is 0 Å². The first-order valence-corrected chi connectivity index (χ1v) is 8.44. The van der Waals surface area contributed by atoms with Gasteiger partial charge in [-0.25, -0.2) is 5.43 Å². The largest absolute Gasteiger partial charge is 0.505 e. The molecule has 0 spiro atoms. The summed E-state index contributed by atoms with van der Waals surface area (Å²) in [6.07, 6.45) is 1.38. The Hall–Kier alpha value is -1.35. The van der Waals surface area contributed by atoms with E-state index in [-0.39, 0.29) is 27.5 Å². The van der Waals surface area contributed by atoms with Gasteiger partial charge in [0, 0.05) is 0 Å². The van der Waals surface area contributed by atoms with Crippen molar-refractivity contribution in [2.75, 3.05) is 5.75 Å². The first-order valence-electron chi connectivity index (χ1n) is 5.88. The molecule has 0 saturated heterocycles. The van der Waals surface area contributed by atoms with Crippen LogP contribution in [0.5, 0.6) is 5.75 Å². The summed E-state index contributed by atoms with van der Waals surface area (Å²) in [4.78, 5) is 11.6. The number of hydrazone groups is 1. The molecular weight excluding hydrogens is 367 g/mol. The highest BCUT2D eigenvalue weighted by molar-refractivity contribution is 8.01. The van der Waals surface area contributed by atoms with Crippen LogP contribution in [0.15, 0.2) is 21.6 Å². The summed E-state index contributed by atoms with van der Waals surface area (Å²) in [7, 11) is 0. The van der Waals surface area contributed by atoms with E-state index in [0.29, 0.717) is 5.56 Å². The standard InChI is InChI=1S/C12H10Cl2N4O2S2/c1-6-16-18-12(22-6)21-5-10(19)17-15-4-7-2-8(13)11(20)9(14)3-7/h2-4,20H,5H2,1H3,(H,17,19)/b15-4-. The minimum Gasteiger partial charge on any atom is -0.505 e. The molecule has 0 fully saturated rings. The van der Waals surface area contributed by atoms with Gasteiger partial charge in [0.05, 0.1) is 22.0 Å². The molecule has 10 heteroatoms. The lowest BCUT2D eigenvalue weighted by Crippen LogP contribution is -2.19. The molecule has 0 atom stereocenters. The Morgan fingerprint density at radius 3 is 2.73 bits per heavy atom. The fourth-order valence-electron chi connectivity index (χ4n) is 1.33. The molecule has 1 aromatic heterocycles. The third-order valence-electron chi connectivity index (χ3n) is 2.28. The third kappa shape index (κ3) is 4.84. The molecule has 1 amide bonds. The second-order valence-corrected chi connectivity index (χ2v) is 7.22. The second-order valence-electron chi connectivity index (χ2n) is 4.00. The van der Waals surface area contributed by atoms with Crippen LogP contribution >= 0.6 is 46.3 Å². The number of benzene rings is 1. The number of nitrogens with one attached hydrogen (secondary N) is 1. The van der Waals surface area contributed by atoms with E-state index < -0.39 is 0 Å². The Morgan fingerprint density at radius 1 is 1.45 bits per heavy atom. The van der Waals surface area contributed by atoms with E-state index in [4.69, 9.17) is 23.2 Å². The number of carbonyl (C=O) groups excluding carboxylic acids is 1. The predicted octanol–water partition coefficient (Wildman–Crippen LogP) is 3.10. The van der Waals surface area contributed by atoms with Crippen molar-refractivity contribution < 1.29 is 9.90 Å². The van der Waals surface area contributed by atoms with Crippen molar-refractivity contribution in [3.8, 4) is 5.75 Å². The fraction of sp³-hybridized carbons (Fsp3) is 0.167. The van der Waals surface area contributed by atoms with Crippen molar-refractivity contribution in [3.05, 3.63) is 32.7 Å². The van der Waals surface area contributed by atoms with Gasteiger partial charge in [0.25, 0.3) is 5.91 Å². The number of carbonyl (C=O) groups is 1. The van der Waals surface area contributed by atoms with Crippen LogP contribution in [0.4, 0.5) is 0 Å². The van der Waals surface area contributed by atoms with Crippen molar-refractivity contribution in [1.29, 1.82) is 0 Å². The summed E-state index contributed by atoms with van der Waals surface area (Å²) in [6, 6.07) is 2.97. The van der Waals surface area contributed by atoms with E-state index in [1.807, 2.05) is 6.92 Å². The number of hydrogen-bond acceptors (Lipinski definition) is 7. The molecule has 0 aliphatic carbocycles. The number of thioether (sulfide) groups is 1. The fourth-order valence-corrected chi connectivity index (χ4v) is 3.45. The Balaban J connectivity index is 1.85. The van der Waals surface area contributed by atoms with Crippen LogP contribution in [-0.2, 0) is 4.79 Å². The Kier molecular flexibility index (Phi) is 6.01. The number of hydrogen-bond donors (Lipinski definition) is 2. The lowest BCUT2D eigenvalue weighted by atomic mass is 10.2. The van der Waals surface area contributed by atoms with E-state index in [9.17, 15) is 9.90 Å². The average molecular weight is 377 g/mol. The van der Waals surface area contributed by atoms with Gasteiger partial charge in [-0.3, -0.25) is 4.79 Å². The molecule has 0 radical (unpaired) electrons. The average Bonchev–Trinajstić information content (AvgIpc) is 2.88. The first kappa shape index (κ1) is 17.0. The van der Waals surface area contributed by atoms with Crippen LogP contribution < -0.4 is 5.43 Å². The van der Waals surface area contributed by atoms with Crippen LogP contribution in [0.25, 0.3) is 0 Å². The highest BCUT2D eigenvalue weighted by Gasteiger charge is 2.07. The molecule has 1 aromatic carbocycles. The zero-order valence-electron chi connectivity index (χ0n) is 11.2. The van der Waals surface area contributed by atoms with E-state index in [1.165, 1.54) is 41.4 Å². The topological polar surface area (TPSA) is 87.5 Å². The second kappa shape index (κ2) is 7.77. The van der Waals surface area contributed by atoms with E-state index in [2.05, 4.69) is 20.7 Å². The molecule has 0 bridgehead atoms. The minimum atomic E-state index is -0.273. The molecule has 0 aliphatic heterocycles. The number of nitrogens with zero attached hydrogens (tertiary/aromatic N) is 3. The maximum Gasteiger partial charge on any atom is 0.250 e. The van der Waals surface area contributed by atoms with Gasteiger partial charge in [-0.2, -0.15) is 5.10 Å². The molecule has 116 valence electrons. The lowest BCUT2D eigenvalue weighted by Gasteiger charge is -2.01. The Labute approximate surface area is 144 Å². The van der Waals surface area contributed by atoms with Crippen molar-refractivity contribution >= 4 is 58.4 Å².